The molecule has 0 unspecified atom stereocenters. The number of carbonyl (C=O) groups is 3. The number of hydroxylamine groups is 2. The van der Waals surface area contributed by atoms with Crippen molar-refractivity contribution in [2.75, 3.05) is 0 Å². The number of hydrogen-bond donors (Lipinski definition) is 0. The van der Waals surface area contributed by atoms with Crippen LogP contribution in [0.15, 0.2) is 43.0 Å². The summed E-state index contributed by atoms with van der Waals surface area (Å²) >= 11 is 0. The van der Waals surface area contributed by atoms with Crippen LogP contribution >= 0.6 is 0 Å². The number of esters is 1. The first-order valence-electron chi connectivity index (χ1n) is 5.08. The van der Waals surface area contributed by atoms with Gasteiger partial charge in [0.15, 0.2) is 6.04 Å². The van der Waals surface area contributed by atoms with Crippen molar-refractivity contribution in [3.63, 3.8) is 0 Å². The zero-order valence-electron chi connectivity index (χ0n) is 9.24. The van der Waals surface area contributed by atoms with Crippen LogP contribution in [0.25, 0.3) is 0 Å². The number of carbonyl (C=O) groups excluding carboxylic acids is 3. The summed E-state index contributed by atoms with van der Waals surface area (Å²) in [6.45, 7) is 3.37. The van der Waals surface area contributed by atoms with E-state index < -0.39 is 24.1 Å². The molecule has 6 nitrogen and oxygen atoms in total. The Kier molecular flexibility index (Phi) is 3.09. The fraction of sp³-hybridized carbons (Fsp3) is 0.0833. The number of rotatable bonds is 3. The van der Waals surface area contributed by atoms with Gasteiger partial charge >= 0.3 is 18.0 Å². The quantitative estimate of drug-likeness (QED) is 0.457. The molecule has 0 spiro atoms. The van der Waals surface area contributed by atoms with Crippen LogP contribution < -0.4 is 0 Å². The number of amides is 1. The lowest BCUT2D eigenvalue weighted by Crippen LogP contribution is -2.35. The van der Waals surface area contributed by atoms with Crippen LogP contribution in [-0.4, -0.2) is 29.1 Å². The average Bonchev–Trinajstić information content (AvgIpc) is 2.64. The van der Waals surface area contributed by atoms with E-state index in [9.17, 15) is 14.4 Å². The third kappa shape index (κ3) is 2.08. The molecule has 1 aliphatic heterocycles. The van der Waals surface area contributed by atoms with Gasteiger partial charge in [-0.3, -0.25) is 0 Å². The van der Waals surface area contributed by atoms with Crippen molar-refractivity contribution < 1.29 is 24.0 Å². The Labute approximate surface area is 102 Å². The maximum Gasteiger partial charge on any atom is 0.452 e. The van der Waals surface area contributed by atoms with E-state index in [2.05, 4.69) is 11.3 Å². The van der Waals surface area contributed by atoms with Gasteiger partial charge in [0, 0.05) is 0 Å². The van der Waals surface area contributed by atoms with E-state index in [0.717, 1.165) is 6.08 Å². The van der Waals surface area contributed by atoms with E-state index >= 15 is 0 Å². The van der Waals surface area contributed by atoms with Crippen LogP contribution in [0.5, 0.6) is 0 Å². The van der Waals surface area contributed by atoms with Gasteiger partial charge in [-0.1, -0.05) is 24.3 Å². The largest absolute Gasteiger partial charge is 0.452 e. The Balaban J connectivity index is 2.14. The van der Waals surface area contributed by atoms with Crippen molar-refractivity contribution in [2.45, 2.75) is 6.04 Å². The molecule has 1 heterocycles. The molecule has 0 saturated carbocycles. The standard InChI is InChI=1S/C12H9NO5/c1-2-9-11(15)17-12(16)13(9)18-10(14)8-6-4-3-5-7-8/h2-7,9H,1H2/t9-/m0/s1. The minimum Gasteiger partial charge on any atom is -0.372 e. The molecular weight excluding hydrogens is 238 g/mol. The molecule has 6 heteroatoms. The predicted molar refractivity (Wildman–Crippen MR) is 59.2 cm³/mol. The van der Waals surface area contributed by atoms with Gasteiger partial charge in [0.05, 0.1) is 5.56 Å². The van der Waals surface area contributed by atoms with E-state index in [0.29, 0.717) is 5.06 Å². The van der Waals surface area contributed by atoms with Gasteiger partial charge in [-0.05, 0) is 12.1 Å². The molecule has 92 valence electrons. The second kappa shape index (κ2) is 4.70. The predicted octanol–water partition coefficient (Wildman–Crippen LogP) is 1.29. The van der Waals surface area contributed by atoms with Crippen molar-refractivity contribution >= 4 is 18.0 Å². The van der Waals surface area contributed by atoms with Crippen LogP contribution in [0, 0.1) is 0 Å². The zero-order valence-corrected chi connectivity index (χ0v) is 9.24. The van der Waals surface area contributed by atoms with Gasteiger partial charge in [-0.25, -0.2) is 14.4 Å². The topological polar surface area (TPSA) is 72.9 Å². The molecule has 0 bridgehead atoms. The fourth-order valence-corrected chi connectivity index (χ4v) is 1.40. The molecule has 1 aromatic carbocycles. The first kappa shape index (κ1) is 11.8. The van der Waals surface area contributed by atoms with Crippen LogP contribution in [-0.2, 0) is 14.4 Å². The molecule has 0 aliphatic carbocycles. The number of nitrogens with zero attached hydrogens (tertiary/aromatic N) is 1. The zero-order chi connectivity index (χ0) is 13.1. The molecule has 1 aromatic rings. The highest BCUT2D eigenvalue weighted by atomic mass is 16.8. The first-order chi connectivity index (χ1) is 8.63. The second-order valence-corrected chi connectivity index (χ2v) is 3.44. The molecule has 0 aromatic heterocycles. The van der Waals surface area contributed by atoms with Gasteiger partial charge in [0.1, 0.15) is 0 Å². The third-order valence-corrected chi connectivity index (χ3v) is 2.28. The van der Waals surface area contributed by atoms with Gasteiger partial charge < -0.3 is 9.57 Å². The Hall–Kier alpha value is -2.63. The molecular formula is C12H9NO5. The first-order valence-corrected chi connectivity index (χ1v) is 5.08. The average molecular weight is 247 g/mol. The number of cyclic esters (lactones) is 2. The van der Waals surface area contributed by atoms with Crippen LogP contribution in [0.2, 0.25) is 0 Å². The maximum atomic E-state index is 11.7. The van der Waals surface area contributed by atoms with E-state index in [1.807, 2.05) is 0 Å². The van der Waals surface area contributed by atoms with Gasteiger partial charge in [0.2, 0.25) is 0 Å². The van der Waals surface area contributed by atoms with Gasteiger partial charge in [-0.2, -0.15) is 0 Å². The summed E-state index contributed by atoms with van der Waals surface area (Å²) in [6.07, 6.45) is 0.125. The fourth-order valence-electron chi connectivity index (χ4n) is 1.40. The van der Waals surface area contributed by atoms with Crippen LogP contribution in [0.1, 0.15) is 10.4 Å². The minimum atomic E-state index is -1.11. The van der Waals surface area contributed by atoms with Crippen molar-refractivity contribution in [1.29, 1.82) is 0 Å². The summed E-state index contributed by atoms with van der Waals surface area (Å²) in [7, 11) is 0. The van der Waals surface area contributed by atoms with Crippen molar-refractivity contribution in [3.05, 3.63) is 48.6 Å². The van der Waals surface area contributed by atoms with Crippen LogP contribution in [0.3, 0.4) is 0 Å². The summed E-state index contributed by atoms with van der Waals surface area (Å²) in [5, 5.41) is 0.560. The molecule has 1 amide bonds. The van der Waals surface area contributed by atoms with Gasteiger partial charge in [-0.15, -0.1) is 11.6 Å². The van der Waals surface area contributed by atoms with Crippen molar-refractivity contribution in [3.8, 4) is 0 Å². The summed E-state index contributed by atoms with van der Waals surface area (Å²) in [5.74, 6) is -1.58. The lowest BCUT2D eigenvalue weighted by Gasteiger charge is -2.15. The number of benzene rings is 1. The van der Waals surface area contributed by atoms with E-state index in [1.165, 1.54) is 12.1 Å². The highest BCUT2D eigenvalue weighted by Crippen LogP contribution is 2.16. The lowest BCUT2D eigenvalue weighted by atomic mass is 10.2. The molecule has 0 N–H and O–H groups in total. The molecule has 0 radical (unpaired) electrons. The third-order valence-electron chi connectivity index (χ3n) is 2.28. The van der Waals surface area contributed by atoms with Crippen molar-refractivity contribution in [1.82, 2.24) is 5.06 Å². The Morgan fingerprint density at radius 1 is 1.33 bits per heavy atom. The highest BCUT2D eigenvalue weighted by Gasteiger charge is 2.42. The monoisotopic (exact) mass is 247 g/mol. The molecule has 1 aliphatic rings. The maximum absolute atomic E-state index is 11.7. The molecule has 18 heavy (non-hydrogen) atoms. The summed E-state index contributed by atoms with van der Waals surface area (Å²) in [4.78, 5) is 39.0. The summed E-state index contributed by atoms with van der Waals surface area (Å²) in [5.41, 5.74) is 0.257. The molecule has 1 saturated heterocycles. The molecule has 1 fully saturated rings. The number of hydrogen-bond acceptors (Lipinski definition) is 5. The summed E-state index contributed by atoms with van der Waals surface area (Å²) in [6, 6.07) is 6.97. The second-order valence-electron chi connectivity index (χ2n) is 3.44. The normalized spacial score (nSPS) is 18.4. The minimum absolute atomic E-state index is 0.257. The SMILES string of the molecule is C=C[C@H]1C(=O)OC(=O)N1OC(=O)c1ccccc1. The molecule has 2 rings (SSSR count). The molecule has 1 atom stereocenters. The summed E-state index contributed by atoms with van der Waals surface area (Å²) < 4.78 is 4.31. The highest BCUT2D eigenvalue weighted by molar-refractivity contribution is 5.97. The Morgan fingerprint density at radius 2 is 2.00 bits per heavy atom. The van der Waals surface area contributed by atoms with Gasteiger partial charge in [0.25, 0.3) is 0 Å². The van der Waals surface area contributed by atoms with Crippen LogP contribution in [0.4, 0.5) is 4.79 Å². The number of ether oxygens (including phenoxy) is 1. The smallest absolute Gasteiger partial charge is 0.372 e. The van der Waals surface area contributed by atoms with E-state index in [-0.39, 0.29) is 5.56 Å². The lowest BCUT2D eigenvalue weighted by molar-refractivity contribution is -0.137. The van der Waals surface area contributed by atoms with E-state index in [1.54, 1.807) is 18.2 Å². The van der Waals surface area contributed by atoms with E-state index in [4.69, 9.17) is 4.84 Å². The Bertz CT molecular complexity index is 510. The van der Waals surface area contributed by atoms with Crippen molar-refractivity contribution in [2.24, 2.45) is 0 Å². The Morgan fingerprint density at radius 3 is 2.61 bits per heavy atom.